The summed E-state index contributed by atoms with van der Waals surface area (Å²) in [6.07, 6.45) is 1.69. The van der Waals surface area contributed by atoms with Gasteiger partial charge in [-0.2, -0.15) is 5.10 Å². The van der Waals surface area contributed by atoms with E-state index in [1.54, 1.807) is 10.9 Å². The number of hydrogen-bond donors (Lipinski definition) is 2. The van der Waals surface area contributed by atoms with E-state index in [4.69, 9.17) is 11.5 Å². The van der Waals surface area contributed by atoms with Crippen molar-refractivity contribution in [3.05, 3.63) is 40.5 Å². The maximum absolute atomic E-state index is 5.91. The van der Waals surface area contributed by atoms with Gasteiger partial charge in [-0.15, -0.1) is 0 Å². The van der Waals surface area contributed by atoms with E-state index in [1.165, 1.54) is 0 Å². The minimum absolute atomic E-state index is 0.399. The first-order chi connectivity index (χ1) is 7.24. The lowest BCUT2D eigenvalue weighted by molar-refractivity contribution is 0.886. The molecule has 0 unspecified atom stereocenters. The van der Waals surface area contributed by atoms with E-state index in [0.29, 0.717) is 12.4 Å². The summed E-state index contributed by atoms with van der Waals surface area (Å²) in [5.41, 5.74) is 13.2. The summed E-state index contributed by atoms with van der Waals surface area (Å²) >= 11 is 3.45. The Balaban J connectivity index is 2.55. The molecule has 0 atom stereocenters. The minimum atomic E-state index is 0.399. The number of anilines is 1. The van der Waals surface area contributed by atoms with E-state index in [-0.39, 0.29) is 0 Å². The normalized spacial score (nSPS) is 10.5. The summed E-state index contributed by atoms with van der Waals surface area (Å²) in [6.45, 7) is 0.399. The number of benzene rings is 1. The van der Waals surface area contributed by atoms with Crippen LogP contribution in [0.5, 0.6) is 0 Å². The van der Waals surface area contributed by atoms with Crippen molar-refractivity contribution < 1.29 is 0 Å². The molecule has 5 heteroatoms. The smallest absolute Gasteiger partial charge is 0.131 e. The summed E-state index contributed by atoms with van der Waals surface area (Å²) in [4.78, 5) is 0. The third-order valence-corrected chi connectivity index (χ3v) is 2.86. The van der Waals surface area contributed by atoms with Gasteiger partial charge in [0, 0.05) is 16.6 Å². The highest BCUT2D eigenvalue weighted by Gasteiger charge is 2.09. The standard InChI is InChI=1S/C10H11BrN4/c11-8-3-1-2-4-9(8)15-10(13)7(5-12)6-14-15/h1-4,6H,5,12-13H2. The summed E-state index contributed by atoms with van der Waals surface area (Å²) in [7, 11) is 0. The third-order valence-electron chi connectivity index (χ3n) is 2.19. The molecule has 15 heavy (non-hydrogen) atoms. The molecule has 0 aliphatic carbocycles. The molecule has 1 aromatic heterocycles. The molecule has 0 fully saturated rings. The third kappa shape index (κ3) is 1.75. The van der Waals surface area contributed by atoms with E-state index >= 15 is 0 Å². The van der Waals surface area contributed by atoms with E-state index in [9.17, 15) is 0 Å². The van der Waals surface area contributed by atoms with Gasteiger partial charge in [-0.1, -0.05) is 12.1 Å². The number of nitrogens with zero attached hydrogens (tertiary/aromatic N) is 2. The zero-order valence-electron chi connectivity index (χ0n) is 8.02. The molecule has 0 radical (unpaired) electrons. The summed E-state index contributed by atoms with van der Waals surface area (Å²) in [5, 5.41) is 4.20. The van der Waals surface area contributed by atoms with Crippen molar-refractivity contribution in [2.24, 2.45) is 5.73 Å². The number of para-hydroxylation sites is 1. The second kappa shape index (κ2) is 4.04. The van der Waals surface area contributed by atoms with E-state index < -0.39 is 0 Å². The van der Waals surface area contributed by atoms with Crippen molar-refractivity contribution in [2.75, 3.05) is 5.73 Å². The first kappa shape index (κ1) is 10.2. The lowest BCUT2D eigenvalue weighted by Gasteiger charge is -2.06. The average Bonchev–Trinajstić information content (AvgIpc) is 2.60. The van der Waals surface area contributed by atoms with Gasteiger partial charge in [0.15, 0.2) is 0 Å². The number of rotatable bonds is 2. The van der Waals surface area contributed by atoms with Crippen molar-refractivity contribution >= 4 is 21.7 Å². The Labute approximate surface area is 96.0 Å². The van der Waals surface area contributed by atoms with E-state index in [1.807, 2.05) is 24.3 Å². The van der Waals surface area contributed by atoms with Crippen LogP contribution in [0.4, 0.5) is 5.82 Å². The average molecular weight is 267 g/mol. The SMILES string of the molecule is NCc1cnn(-c2ccccc2Br)c1N. The van der Waals surface area contributed by atoms with Gasteiger partial charge >= 0.3 is 0 Å². The van der Waals surface area contributed by atoms with Crippen molar-refractivity contribution in [3.63, 3.8) is 0 Å². The van der Waals surface area contributed by atoms with Gasteiger partial charge in [-0.25, -0.2) is 4.68 Å². The number of hydrogen-bond acceptors (Lipinski definition) is 3. The second-order valence-corrected chi connectivity index (χ2v) is 3.98. The lowest BCUT2D eigenvalue weighted by atomic mass is 10.3. The van der Waals surface area contributed by atoms with E-state index in [0.717, 1.165) is 15.7 Å². The fraction of sp³-hybridized carbons (Fsp3) is 0.100. The van der Waals surface area contributed by atoms with Gasteiger partial charge in [-0.3, -0.25) is 0 Å². The van der Waals surface area contributed by atoms with Crippen LogP contribution >= 0.6 is 15.9 Å². The molecule has 0 saturated heterocycles. The number of halogens is 1. The molecule has 4 N–H and O–H groups in total. The Morgan fingerprint density at radius 1 is 1.33 bits per heavy atom. The first-order valence-electron chi connectivity index (χ1n) is 4.51. The van der Waals surface area contributed by atoms with Crippen LogP contribution in [0.15, 0.2) is 34.9 Å². The lowest BCUT2D eigenvalue weighted by Crippen LogP contribution is -2.05. The van der Waals surface area contributed by atoms with Crippen LogP contribution in [-0.4, -0.2) is 9.78 Å². The molecule has 0 spiro atoms. The molecule has 4 nitrogen and oxygen atoms in total. The number of nitrogen functional groups attached to an aromatic ring is 1. The van der Waals surface area contributed by atoms with Crippen molar-refractivity contribution in [1.29, 1.82) is 0 Å². The zero-order valence-corrected chi connectivity index (χ0v) is 9.61. The highest BCUT2D eigenvalue weighted by atomic mass is 79.9. The summed E-state index contributed by atoms with van der Waals surface area (Å²) < 4.78 is 2.62. The highest BCUT2D eigenvalue weighted by molar-refractivity contribution is 9.10. The predicted molar refractivity (Wildman–Crippen MR) is 63.6 cm³/mol. The second-order valence-electron chi connectivity index (χ2n) is 3.12. The van der Waals surface area contributed by atoms with Crippen LogP contribution in [0.1, 0.15) is 5.56 Å². The van der Waals surface area contributed by atoms with Gasteiger partial charge in [-0.05, 0) is 28.1 Å². The molecule has 0 aliphatic heterocycles. The zero-order chi connectivity index (χ0) is 10.8. The number of nitrogens with two attached hydrogens (primary N) is 2. The fourth-order valence-corrected chi connectivity index (χ4v) is 1.82. The first-order valence-corrected chi connectivity index (χ1v) is 5.30. The molecule has 0 amide bonds. The maximum atomic E-state index is 5.91. The quantitative estimate of drug-likeness (QED) is 0.869. The minimum Gasteiger partial charge on any atom is -0.383 e. The Hall–Kier alpha value is -1.33. The topological polar surface area (TPSA) is 69.9 Å². The van der Waals surface area contributed by atoms with Crippen LogP contribution < -0.4 is 11.5 Å². The molecule has 2 rings (SSSR count). The molecule has 2 aromatic rings. The van der Waals surface area contributed by atoms with Gasteiger partial charge in [0.25, 0.3) is 0 Å². The van der Waals surface area contributed by atoms with Crippen LogP contribution in [0.3, 0.4) is 0 Å². The molecule has 0 aliphatic rings. The Morgan fingerprint density at radius 3 is 2.67 bits per heavy atom. The molecular weight excluding hydrogens is 256 g/mol. The van der Waals surface area contributed by atoms with Crippen LogP contribution in [0.25, 0.3) is 5.69 Å². The van der Waals surface area contributed by atoms with Gasteiger partial charge < -0.3 is 11.5 Å². The molecule has 78 valence electrons. The van der Waals surface area contributed by atoms with Gasteiger partial charge in [0.1, 0.15) is 5.82 Å². The number of aromatic nitrogens is 2. The molecule has 0 bridgehead atoms. The largest absolute Gasteiger partial charge is 0.383 e. The fourth-order valence-electron chi connectivity index (χ4n) is 1.36. The summed E-state index contributed by atoms with van der Waals surface area (Å²) in [6, 6.07) is 7.76. The van der Waals surface area contributed by atoms with Gasteiger partial charge in [0.2, 0.25) is 0 Å². The monoisotopic (exact) mass is 266 g/mol. The molecule has 1 heterocycles. The van der Waals surface area contributed by atoms with E-state index in [2.05, 4.69) is 21.0 Å². The van der Waals surface area contributed by atoms with Crippen LogP contribution in [0, 0.1) is 0 Å². The van der Waals surface area contributed by atoms with Crippen LogP contribution in [-0.2, 0) is 6.54 Å². The van der Waals surface area contributed by atoms with Crippen molar-refractivity contribution in [1.82, 2.24) is 9.78 Å². The summed E-state index contributed by atoms with van der Waals surface area (Å²) in [5.74, 6) is 0.587. The van der Waals surface area contributed by atoms with Gasteiger partial charge in [0.05, 0.1) is 11.9 Å². The molecule has 1 aromatic carbocycles. The van der Waals surface area contributed by atoms with Crippen molar-refractivity contribution in [3.8, 4) is 5.69 Å². The van der Waals surface area contributed by atoms with Crippen LogP contribution in [0.2, 0.25) is 0 Å². The predicted octanol–water partition coefficient (Wildman–Crippen LogP) is 1.68. The van der Waals surface area contributed by atoms with Crippen molar-refractivity contribution in [2.45, 2.75) is 6.54 Å². The Kier molecular flexibility index (Phi) is 2.75. The molecule has 0 saturated carbocycles. The highest BCUT2D eigenvalue weighted by Crippen LogP contribution is 2.23. The Morgan fingerprint density at radius 2 is 2.07 bits per heavy atom. The Bertz CT molecular complexity index is 478. The molecular formula is C10H11BrN4. The maximum Gasteiger partial charge on any atom is 0.131 e.